The van der Waals surface area contributed by atoms with Gasteiger partial charge in [0, 0.05) is 37.8 Å². The van der Waals surface area contributed by atoms with Crippen molar-refractivity contribution in [1.82, 2.24) is 19.9 Å². The molecule has 2 aromatic heterocycles. The highest BCUT2D eigenvalue weighted by Gasteiger charge is 2.25. The van der Waals surface area contributed by atoms with Crippen LogP contribution in [-0.2, 0) is 0 Å². The lowest BCUT2D eigenvalue weighted by molar-refractivity contribution is 0.0746. The molecule has 0 spiro atoms. The van der Waals surface area contributed by atoms with Crippen molar-refractivity contribution in [2.45, 2.75) is 0 Å². The van der Waals surface area contributed by atoms with Gasteiger partial charge in [0.25, 0.3) is 5.91 Å². The van der Waals surface area contributed by atoms with Crippen LogP contribution in [0.4, 0.5) is 5.82 Å². The number of carbonyl (C=O) groups excluding carboxylic acids is 1. The number of para-hydroxylation sites is 1. The molecule has 0 saturated carbocycles. The smallest absolute Gasteiger partial charge is 0.282 e. The van der Waals surface area contributed by atoms with Crippen molar-refractivity contribution in [2.75, 3.05) is 31.1 Å². The van der Waals surface area contributed by atoms with Gasteiger partial charge in [0.2, 0.25) is 0 Å². The molecule has 7 heteroatoms. The van der Waals surface area contributed by atoms with Crippen molar-refractivity contribution in [3.05, 3.63) is 72.0 Å². The van der Waals surface area contributed by atoms with E-state index in [4.69, 9.17) is 0 Å². The molecule has 0 atom stereocenters. The molecule has 0 bridgehead atoms. The van der Waals surface area contributed by atoms with E-state index >= 15 is 0 Å². The van der Waals surface area contributed by atoms with E-state index in [1.54, 1.807) is 6.33 Å². The molecule has 3 heterocycles. The lowest BCUT2D eigenvalue weighted by Gasteiger charge is -2.35. The number of anilines is 1. The first-order valence-electron chi connectivity index (χ1n) is 9.55. The molecule has 144 valence electrons. The van der Waals surface area contributed by atoms with Crippen molar-refractivity contribution < 1.29 is 4.79 Å². The number of benzene rings is 2. The van der Waals surface area contributed by atoms with Crippen LogP contribution in [0.2, 0.25) is 0 Å². The lowest BCUT2D eigenvalue weighted by atomic mass is 10.1. The van der Waals surface area contributed by atoms with E-state index in [-0.39, 0.29) is 5.91 Å². The first-order valence-corrected chi connectivity index (χ1v) is 10.4. The molecule has 2 aromatic carbocycles. The van der Waals surface area contributed by atoms with Crippen LogP contribution in [-0.4, -0.2) is 51.9 Å². The maximum Gasteiger partial charge on any atom is 0.282 e. The molecule has 4 aromatic rings. The summed E-state index contributed by atoms with van der Waals surface area (Å²) in [4.78, 5) is 30.3. The van der Waals surface area contributed by atoms with E-state index in [1.807, 2.05) is 65.6 Å². The summed E-state index contributed by atoms with van der Waals surface area (Å²) in [5.74, 6) is 0.907. The van der Waals surface area contributed by atoms with Gasteiger partial charge in [-0.3, -0.25) is 4.79 Å². The highest BCUT2D eigenvalue weighted by atomic mass is 32.1. The molecule has 1 aliphatic heterocycles. The fourth-order valence-electron chi connectivity index (χ4n) is 3.52. The highest BCUT2D eigenvalue weighted by Crippen LogP contribution is 2.24. The van der Waals surface area contributed by atoms with Crippen LogP contribution >= 0.6 is 11.3 Å². The van der Waals surface area contributed by atoms with E-state index in [9.17, 15) is 4.79 Å². The van der Waals surface area contributed by atoms with Crippen LogP contribution in [0, 0.1) is 0 Å². The fourth-order valence-corrected chi connectivity index (χ4v) is 4.46. The highest BCUT2D eigenvalue weighted by molar-refractivity contribution is 7.20. The van der Waals surface area contributed by atoms with Gasteiger partial charge in [-0.2, -0.15) is 0 Å². The molecular weight excluding hydrogens is 382 g/mol. The molecule has 1 amide bonds. The normalized spacial score (nSPS) is 14.3. The molecule has 0 aliphatic carbocycles. The van der Waals surface area contributed by atoms with Crippen molar-refractivity contribution in [3.8, 4) is 11.3 Å². The molecule has 1 fully saturated rings. The maximum atomic E-state index is 12.9. The number of hydrogen-bond acceptors (Lipinski definition) is 6. The number of amides is 1. The van der Waals surface area contributed by atoms with E-state index < -0.39 is 0 Å². The lowest BCUT2D eigenvalue weighted by Crippen LogP contribution is -2.49. The largest absolute Gasteiger partial charge is 0.353 e. The summed E-state index contributed by atoms with van der Waals surface area (Å²) < 4.78 is 1.05. The van der Waals surface area contributed by atoms with E-state index in [1.165, 1.54) is 11.3 Å². The van der Waals surface area contributed by atoms with Crippen molar-refractivity contribution in [3.63, 3.8) is 0 Å². The predicted octanol–water partition coefficient (Wildman–Crippen LogP) is 3.72. The predicted molar refractivity (Wildman–Crippen MR) is 115 cm³/mol. The summed E-state index contributed by atoms with van der Waals surface area (Å²) in [7, 11) is 0. The average molecular weight is 401 g/mol. The molecule has 5 rings (SSSR count). The van der Waals surface area contributed by atoms with Crippen LogP contribution < -0.4 is 4.90 Å². The molecule has 1 aliphatic rings. The average Bonchev–Trinajstić information content (AvgIpc) is 3.24. The molecule has 0 unspecified atom stereocenters. The van der Waals surface area contributed by atoms with Crippen molar-refractivity contribution >= 4 is 33.3 Å². The summed E-state index contributed by atoms with van der Waals surface area (Å²) in [6, 6.07) is 20.0. The van der Waals surface area contributed by atoms with Crippen LogP contribution in [0.1, 0.15) is 9.80 Å². The number of fused-ring (bicyclic) bond motifs is 1. The topological polar surface area (TPSA) is 62.2 Å². The van der Waals surface area contributed by atoms with Gasteiger partial charge < -0.3 is 9.80 Å². The number of nitrogens with zero attached hydrogens (tertiary/aromatic N) is 5. The third-order valence-electron chi connectivity index (χ3n) is 5.09. The third-order valence-corrected chi connectivity index (χ3v) is 6.11. The van der Waals surface area contributed by atoms with Gasteiger partial charge >= 0.3 is 0 Å². The fraction of sp³-hybridized carbons (Fsp3) is 0.182. The van der Waals surface area contributed by atoms with E-state index in [0.29, 0.717) is 18.1 Å². The van der Waals surface area contributed by atoms with Crippen LogP contribution in [0.15, 0.2) is 67.0 Å². The minimum Gasteiger partial charge on any atom is -0.353 e. The second-order valence-corrected chi connectivity index (χ2v) is 7.92. The molecule has 1 saturated heterocycles. The van der Waals surface area contributed by atoms with Gasteiger partial charge in [0.1, 0.15) is 12.1 Å². The Morgan fingerprint density at radius 2 is 1.66 bits per heavy atom. The molecule has 0 N–H and O–H groups in total. The van der Waals surface area contributed by atoms with Gasteiger partial charge in [-0.15, -0.1) is 11.3 Å². The summed E-state index contributed by atoms with van der Waals surface area (Å²) in [5.41, 5.74) is 2.86. The van der Waals surface area contributed by atoms with E-state index in [2.05, 4.69) is 19.9 Å². The number of thiazole rings is 1. The Balaban J connectivity index is 1.28. The number of rotatable bonds is 3. The zero-order chi connectivity index (χ0) is 19.6. The Morgan fingerprint density at radius 3 is 2.45 bits per heavy atom. The second kappa shape index (κ2) is 7.60. The number of piperazine rings is 1. The summed E-state index contributed by atoms with van der Waals surface area (Å²) in [6.07, 6.45) is 1.61. The summed E-state index contributed by atoms with van der Waals surface area (Å²) in [5, 5.41) is 0.563. The van der Waals surface area contributed by atoms with Gasteiger partial charge in [-0.1, -0.05) is 42.5 Å². The van der Waals surface area contributed by atoms with Gasteiger partial charge in [0.15, 0.2) is 5.01 Å². The quantitative estimate of drug-likeness (QED) is 0.524. The van der Waals surface area contributed by atoms with Crippen molar-refractivity contribution in [2.24, 2.45) is 0 Å². The number of hydrogen-bond donors (Lipinski definition) is 0. The Morgan fingerprint density at radius 1 is 0.897 bits per heavy atom. The first-order chi connectivity index (χ1) is 14.3. The van der Waals surface area contributed by atoms with Gasteiger partial charge in [-0.25, -0.2) is 15.0 Å². The van der Waals surface area contributed by atoms with Gasteiger partial charge in [-0.05, 0) is 12.1 Å². The summed E-state index contributed by atoms with van der Waals surface area (Å²) >= 11 is 1.46. The Labute approximate surface area is 172 Å². The van der Waals surface area contributed by atoms with Crippen LogP contribution in [0.5, 0.6) is 0 Å². The Kier molecular flexibility index (Phi) is 4.65. The Hall–Kier alpha value is -3.32. The zero-order valence-corrected chi connectivity index (χ0v) is 16.5. The minimum atomic E-state index is 0.0125. The maximum absolute atomic E-state index is 12.9. The molecule has 0 radical (unpaired) electrons. The minimum absolute atomic E-state index is 0.0125. The van der Waals surface area contributed by atoms with Crippen molar-refractivity contribution in [1.29, 1.82) is 0 Å². The number of carbonyl (C=O) groups is 1. The van der Waals surface area contributed by atoms with Crippen LogP contribution in [0.25, 0.3) is 21.5 Å². The summed E-state index contributed by atoms with van der Waals surface area (Å²) in [6.45, 7) is 2.78. The number of aromatic nitrogens is 3. The Bertz CT molecular complexity index is 1120. The third kappa shape index (κ3) is 3.56. The zero-order valence-electron chi connectivity index (χ0n) is 15.7. The SMILES string of the molecule is O=C(c1nc2ccccc2s1)N1CCN(c2cc(-c3ccccc3)ncn2)CC1. The standard InChI is InChI=1S/C22H19N5OS/c28-22(21-25-17-8-4-5-9-19(17)29-21)27-12-10-26(11-13-27)20-14-18(23-15-24-20)16-6-2-1-3-7-16/h1-9,14-15H,10-13H2. The van der Waals surface area contributed by atoms with Gasteiger partial charge in [0.05, 0.1) is 15.9 Å². The second-order valence-electron chi connectivity index (χ2n) is 6.89. The first kappa shape index (κ1) is 17.8. The molecule has 6 nitrogen and oxygen atoms in total. The van der Waals surface area contributed by atoms with Crippen LogP contribution in [0.3, 0.4) is 0 Å². The monoisotopic (exact) mass is 401 g/mol. The molecule has 29 heavy (non-hydrogen) atoms. The van der Waals surface area contributed by atoms with E-state index in [0.717, 1.165) is 40.4 Å². The molecular formula is C22H19N5OS.